The fourth-order valence-corrected chi connectivity index (χ4v) is 2.26. The Kier molecular flexibility index (Phi) is 3.02. The Morgan fingerprint density at radius 1 is 1.15 bits per heavy atom. The van der Waals surface area contributed by atoms with E-state index in [-0.39, 0.29) is 0 Å². The minimum atomic E-state index is 0.773. The van der Waals surface area contributed by atoms with Gasteiger partial charge in [-0.3, -0.25) is 4.57 Å². The first-order valence-electron chi connectivity index (χ1n) is 6.31. The van der Waals surface area contributed by atoms with Crippen molar-refractivity contribution >= 4 is 0 Å². The number of imidazole rings is 1. The first kappa shape index (κ1) is 12.5. The quantitative estimate of drug-likeness (QED) is 0.733. The van der Waals surface area contributed by atoms with Crippen molar-refractivity contribution in [3.8, 4) is 22.8 Å². The third-order valence-electron chi connectivity index (χ3n) is 3.23. The van der Waals surface area contributed by atoms with Gasteiger partial charge >= 0.3 is 0 Å². The van der Waals surface area contributed by atoms with Gasteiger partial charge in [0.1, 0.15) is 23.0 Å². The SMILES string of the molecule is COc1ccc(-c2nccn2-c2c(C)noc2C)cc1. The summed E-state index contributed by atoms with van der Waals surface area (Å²) in [5.41, 5.74) is 2.79. The van der Waals surface area contributed by atoms with Crippen LogP contribution in [-0.4, -0.2) is 21.8 Å². The summed E-state index contributed by atoms with van der Waals surface area (Å²) in [4.78, 5) is 4.43. The molecule has 0 amide bonds. The first-order valence-corrected chi connectivity index (χ1v) is 6.31. The van der Waals surface area contributed by atoms with E-state index in [9.17, 15) is 0 Å². The second-order valence-corrected chi connectivity index (χ2v) is 4.52. The van der Waals surface area contributed by atoms with Gasteiger partial charge in [-0.05, 0) is 38.1 Å². The fraction of sp³-hybridized carbons (Fsp3) is 0.200. The van der Waals surface area contributed by atoms with Crippen molar-refractivity contribution in [1.29, 1.82) is 0 Å². The van der Waals surface area contributed by atoms with Gasteiger partial charge in [0, 0.05) is 18.0 Å². The van der Waals surface area contributed by atoms with Gasteiger partial charge in [0.15, 0.2) is 5.76 Å². The summed E-state index contributed by atoms with van der Waals surface area (Å²) >= 11 is 0. The lowest BCUT2D eigenvalue weighted by molar-refractivity contribution is 0.393. The van der Waals surface area contributed by atoms with Crippen molar-refractivity contribution in [2.24, 2.45) is 0 Å². The Labute approximate surface area is 116 Å². The van der Waals surface area contributed by atoms with Crippen LogP contribution in [0.4, 0.5) is 0 Å². The summed E-state index contributed by atoms with van der Waals surface area (Å²) in [6.45, 7) is 3.82. The number of hydrogen-bond acceptors (Lipinski definition) is 4. The van der Waals surface area contributed by atoms with Crippen molar-refractivity contribution in [3.63, 3.8) is 0 Å². The third-order valence-corrected chi connectivity index (χ3v) is 3.23. The van der Waals surface area contributed by atoms with Crippen LogP contribution in [0.3, 0.4) is 0 Å². The van der Waals surface area contributed by atoms with E-state index in [0.717, 1.165) is 34.3 Å². The second-order valence-electron chi connectivity index (χ2n) is 4.52. The highest BCUT2D eigenvalue weighted by Gasteiger charge is 2.15. The fourth-order valence-electron chi connectivity index (χ4n) is 2.26. The molecule has 1 aromatic carbocycles. The molecule has 0 N–H and O–H groups in total. The largest absolute Gasteiger partial charge is 0.497 e. The van der Waals surface area contributed by atoms with E-state index in [2.05, 4.69) is 10.1 Å². The van der Waals surface area contributed by atoms with Crippen LogP contribution < -0.4 is 4.74 Å². The van der Waals surface area contributed by atoms with E-state index in [1.54, 1.807) is 13.3 Å². The van der Waals surface area contributed by atoms with Gasteiger partial charge in [-0.1, -0.05) is 5.16 Å². The van der Waals surface area contributed by atoms with Gasteiger partial charge in [0.05, 0.1) is 7.11 Å². The van der Waals surface area contributed by atoms with Crippen molar-refractivity contribution in [1.82, 2.24) is 14.7 Å². The minimum absolute atomic E-state index is 0.773. The predicted octanol–water partition coefficient (Wildman–Crippen LogP) is 3.15. The van der Waals surface area contributed by atoms with E-state index < -0.39 is 0 Å². The summed E-state index contributed by atoms with van der Waals surface area (Å²) in [6.07, 6.45) is 3.68. The van der Waals surface area contributed by atoms with Gasteiger partial charge < -0.3 is 9.26 Å². The standard InChI is InChI=1S/C15H15N3O2/c1-10-14(11(2)20-17-10)18-9-8-16-15(18)12-4-6-13(19-3)7-5-12/h4-9H,1-3H3. The van der Waals surface area contributed by atoms with Gasteiger partial charge in [-0.15, -0.1) is 0 Å². The molecule has 5 heteroatoms. The molecule has 0 aliphatic rings. The van der Waals surface area contributed by atoms with Crippen LogP contribution in [0.25, 0.3) is 17.1 Å². The lowest BCUT2D eigenvalue weighted by Crippen LogP contribution is -1.98. The lowest BCUT2D eigenvalue weighted by Gasteiger charge is -2.07. The molecule has 5 nitrogen and oxygen atoms in total. The molecule has 0 saturated heterocycles. The monoisotopic (exact) mass is 269 g/mol. The summed E-state index contributed by atoms with van der Waals surface area (Å²) in [5.74, 6) is 2.45. The van der Waals surface area contributed by atoms with E-state index in [0.29, 0.717) is 0 Å². The maximum Gasteiger partial charge on any atom is 0.157 e. The highest BCUT2D eigenvalue weighted by Crippen LogP contribution is 2.26. The average Bonchev–Trinajstić information content (AvgIpc) is 3.06. The smallest absolute Gasteiger partial charge is 0.157 e. The molecule has 0 fully saturated rings. The van der Waals surface area contributed by atoms with Crippen molar-refractivity contribution in [2.75, 3.05) is 7.11 Å². The molecule has 102 valence electrons. The van der Waals surface area contributed by atoms with Crippen LogP contribution in [0.15, 0.2) is 41.2 Å². The summed E-state index contributed by atoms with van der Waals surface area (Å²) in [6, 6.07) is 7.80. The third kappa shape index (κ3) is 1.97. The molecule has 0 radical (unpaired) electrons. The molecule has 3 aromatic rings. The number of nitrogens with zero attached hydrogens (tertiary/aromatic N) is 3. The molecule has 0 bridgehead atoms. The summed E-state index contributed by atoms with van der Waals surface area (Å²) < 4.78 is 12.4. The van der Waals surface area contributed by atoms with Crippen molar-refractivity contribution in [3.05, 3.63) is 48.1 Å². The van der Waals surface area contributed by atoms with Crippen LogP contribution >= 0.6 is 0 Å². The Bertz CT molecular complexity index is 706. The van der Waals surface area contributed by atoms with Crippen LogP contribution in [0.2, 0.25) is 0 Å². The zero-order valence-corrected chi connectivity index (χ0v) is 11.6. The molecule has 2 heterocycles. The predicted molar refractivity (Wildman–Crippen MR) is 75.1 cm³/mol. The lowest BCUT2D eigenvalue weighted by atomic mass is 10.2. The average molecular weight is 269 g/mol. The molecular formula is C15H15N3O2. The molecule has 0 spiro atoms. The van der Waals surface area contributed by atoms with E-state index >= 15 is 0 Å². The Balaban J connectivity index is 2.10. The Morgan fingerprint density at radius 3 is 2.50 bits per heavy atom. The zero-order valence-electron chi connectivity index (χ0n) is 11.6. The highest BCUT2D eigenvalue weighted by molar-refractivity contribution is 5.60. The highest BCUT2D eigenvalue weighted by atomic mass is 16.5. The van der Waals surface area contributed by atoms with Crippen LogP contribution in [-0.2, 0) is 0 Å². The topological polar surface area (TPSA) is 53.1 Å². The molecule has 3 rings (SSSR count). The number of hydrogen-bond donors (Lipinski definition) is 0. The molecule has 0 aliphatic carbocycles. The zero-order chi connectivity index (χ0) is 14.1. The number of aryl methyl sites for hydroxylation is 2. The molecule has 2 aromatic heterocycles. The number of ether oxygens (including phenoxy) is 1. The molecule has 0 unspecified atom stereocenters. The second kappa shape index (κ2) is 4.85. The Morgan fingerprint density at radius 2 is 1.90 bits per heavy atom. The summed E-state index contributed by atoms with van der Waals surface area (Å²) in [7, 11) is 1.65. The van der Waals surface area contributed by atoms with Crippen molar-refractivity contribution < 1.29 is 9.26 Å². The van der Waals surface area contributed by atoms with E-state index in [1.165, 1.54) is 0 Å². The molecule has 20 heavy (non-hydrogen) atoms. The number of aromatic nitrogens is 3. The van der Waals surface area contributed by atoms with Gasteiger partial charge in [-0.2, -0.15) is 0 Å². The maximum atomic E-state index is 5.23. The normalized spacial score (nSPS) is 10.8. The number of benzene rings is 1. The molecule has 0 saturated carbocycles. The molecular weight excluding hydrogens is 254 g/mol. The van der Waals surface area contributed by atoms with Crippen LogP contribution in [0, 0.1) is 13.8 Å². The van der Waals surface area contributed by atoms with Crippen LogP contribution in [0.5, 0.6) is 5.75 Å². The van der Waals surface area contributed by atoms with E-state index in [4.69, 9.17) is 9.26 Å². The number of methoxy groups -OCH3 is 1. The minimum Gasteiger partial charge on any atom is -0.497 e. The van der Waals surface area contributed by atoms with Crippen molar-refractivity contribution in [2.45, 2.75) is 13.8 Å². The number of rotatable bonds is 3. The van der Waals surface area contributed by atoms with Gasteiger partial charge in [0.2, 0.25) is 0 Å². The van der Waals surface area contributed by atoms with E-state index in [1.807, 2.05) is 48.9 Å². The van der Waals surface area contributed by atoms with Crippen LogP contribution in [0.1, 0.15) is 11.5 Å². The molecule has 0 atom stereocenters. The first-order chi connectivity index (χ1) is 9.70. The Hall–Kier alpha value is -2.56. The van der Waals surface area contributed by atoms with Gasteiger partial charge in [0.25, 0.3) is 0 Å². The maximum absolute atomic E-state index is 5.23. The van der Waals surface area contributed by atoms with Gasteiger partial charge in [-0.25, -0.2) is 4.98 Å². The molecule has 0 aliphatic heterocycles. The summed E-state index contributed by atoms with van der Waals surface area (Å²) in [5, 5.41) is 3.99.